The molecule has 2 aromatic rings. The number of nitrogens with two attached hydrogens (primary N) is 1. The highest BCUT2D eigenvalue weighted by molar-refractivity contribution is 5.79. The summed E-state index contributed by atoms with van der Waals surface area (Å²) in [5, 5.41) is 0. The van der Waals surface area contributed by atoms with Gasteiger partial charge in [0.2, 0.25) is 5.91 Å². The van der Waals surface area contributed by atoms with Gasteiger partial charge in [0, 0.05) is 25.6 Å². The highest BCUT2D eigenvalue weighted by Crippen LogP contribution is 2.44. The smallest absolute Gasteiger partial charge is 0.261 e. The van der Waals surface area contributed by atoms with Crippen molar-refractivity contribution in [1.29, 1.82) is 0 Å². The van der Waals surface area contributed by atoms with Crippen LogP contribution in [0.25, 0.3) is 0 Å². The molecule has 0 unspecified atom stereocenters. The summed E-state index contributed by atoms with van der Waals surface area (Å²) in [5.74, 6) is 1.01. The fourth-order valence-corrected chi connectivity index (χ4v) is 4.57. The molecule has 146 valence electrons. The van der Waals surface area contributed by atoms with Crippen molar-refractivity contribution in [2.24, 2.45) is 17.6 Å². The van der Waals surface area contributed by atoms with Crippen molar-refractivity contribution in [2.45, 2.75) is 6.04 Å². The van der Waals surface area contributed by atoms with E-state index in [9.17, 15) is 9.59 Å². The summed E-state index contributed by atoms with van der Waals surface area (Å²) in [6.07, 6.45) is 0. The Morgan fingerprint density at radius 2 is 1.64 bits per heavy atom. The van der Waals surface area contributed by atoms with Gasteiger partial charge in [-0.1, -0.05) is 48.5 Å². The molecule has 4 rings (SSSR count). The number of para-hydroxylation sites is 1. The van der Waals surface area contributed by atoms with E-state index in [1.54, 1.807) is 0 Å². The molecule has 0 saturated carbocycles. The van der Waals surface area contributed by atoms with Gasteiger partial charge in [-0.15, -0.1) is 0 Å². The molecule has 2 aromatic carbocycles. The first-order chi connectivity index (χ1) is 13.6. The van der Waals surface area contributed by atoms with Crippen LogP contribution in [-0.4, -0.2) is 54.4 Å². The minimum atomic E-state index is -0.305. The molecule has 2 amide bonds. The Morgan fingerprint density at radius 1 is 0.964 bits per heavy atom. The number of hydrogen-bond donors (Lipinski definition) is 1. The number of rotatable bonds is 6. The van der Waals surface area contributed by atoms with Crippen LogP contribution in [0.5, 0.6) is 5.75 Å². The predicted octanol–water partition coefficient (Wildman–Crippen LogP) is 1.68. The third-order valence-corrected chi connectivity index (χ3v) is 5.69. The Morgan fingerprint density at radius 3 is 2.32 bits per heavy atom. The second-order valence-corrected chi connectivity index (χ2v) is 7.59. The van der Waals surface area contributed by atoms with Crippen LogP contribution < -0.4 is 10.5 Å². The first-order valence-corrected chi connectivity index (χ1v) is 9.65. The van der Waals surface area contributed by atoms with Crippen LogP contribution in [0.3, 0.4) is 0 Å². The van der Waals surface area contributed by atoms with Gasteiger partial charge < -0.3 is 15.4 Å². The first-order valence-electron chi connectivity index (χ1n) is 9.65. The van der Waals surface area contributed by atoms with Crippen molar-refractivity contribution in [3.8, 4) is 5.75 Å². The molecule has 6 nitrogen and oxygen atoms in total. The molecule has 0 aromatic heterocycles. The van der Waals surface area contributed by atoms with Gasteiger partial charge in [-0.25, -0.2) is 0 Å². The molecular weight excluding hydrogens is 354 g/mol. The van der Waals surface area contributed by atoms with Crippen molar-refractivity contribution in [1.82, 2.24) is 9.80 Å². The average Bonchev–Trinajstić information content (AvgIpc) is 3.24. The highest BCUT2D eigenvalue weighted by Gasteiger charge is 2.49. The van der Waals surface area contributed by atoms with Crippen LogP contribution in [0.15, 0.2) is 60.7 Å². The molecule has 0 aliphatic carbocycles. The van der Waals surface area contributed by atoms with Crippen LogP contribution in [0.4, 0.5) is 0 Å². The van der Waals surface area contributed by atoms with Crippen molar-refractivity contribution >= 4 is 11.8 Å². The standard InChI is InChI=1S/C22H25N3O3/c23-20(26)14-24-11-17-12-25(21(27)15-28-18-9-5-2-6-10-18)22(19(17)13-24)16-7-3-1-4-8-16/h1-10,17,19,22H,11-15H2,(H2,23,26)/t17-,19-,22+/m0/s1. The molecule has 2 saturated heterocycles. The Balaban J connectivity index is 1.50. The number of nitrogens with zero attached hydrogens (tertiary/aromatic N) is 2. The Kier molecular flexibility index (Phi) is 5.30. The van der Waals surface area contributed by atoms with Gasteiger partial charge in [-0.2, -0.15) is 0 Å². The number of ether oxygens (including phenoxy) is 1. The van der Waals surface area contributed by atoms with E-state index < -0.39 is 0 Å². The molecule has 2 aliphatic heterocycles. The van der Waals surface area contributed by atoms with E-state index in [1.165, 1.54) is 0 Å². The number of benzene rings is 2. The van der Waals surface area contributed by atoms with E-state index in [-0.39, 0.29) is 31.0 Å². The van der Waals surface area contributed by atoms with Crippen LogP contribution in [0.1, 0.15) is 11.6 Å². The van der Waals surface area contributed by atoms with E-state index in [4.69, 9.17) is 10.5 Å². The third-order valence-electron chi connectivity index (χ3n) is 5.69. The van der Waals surface area contributed by atoms with Gasteiger partial charge in [0.1, 0.15) is 5.75 Å². The maximum Gasteiger partial charge on any atom is 0.261 e. The quantitative estimate of drug-likeness (QED) is 0.829. The lowest BCUT2D eigenvalue weighted by Crippen LogP contribution is -2.39. The zero-order valence-corrected chi connectivity index (χ0v) is 15.7. The van der Waals surface area contributed by atoms with E-state index in [2.05, 4.69) is 17.0 Å². The number of carbonyl (C=O) groups excluding carboxylic acids is 2. The van der Waals surface area contributed by atoms with Crippen molar-refractivity contribution in [2.75, 3.05) is 32.8 Å². The van der Waals surface area contributed by atoms with Crippen LogP contribution >= 0.6 is 0 Å². The summed E-state index contributed by atoms with van der Waals surface area (Å²) in [6.45, 7) is 2.55. The fraction of sp³-hybridized carbons (Fsp3) is 0.364. The summed E-state index contributed by atoms with van der Waals surface area (Å²) in [4.78, 5) is 28.4. The fourth-order valence-electron chi connectivity index (χ4n) is 4.57. The topological polar surface area (TPSA) is 75.9 Å². The molecule has 3 atom stereocenters. The summed E-state index contributed by atoms with van der Waals surface area (Å²) < 4.78 is 5.70. The molecule has 2 fully saturated rings. The zero-order valence-electron chi connectivity index (χ0n) is 15.7. The Bertz CT molecular complexity index is 827. The molecule has 0 bridgehead atoms. The number of fused-ring (bicyclic) bond motifs is 1. The predicted molar refractivity (Wildman–Crippen MR) is 105 cm³/mol. The van der Waals surface area contributed by atoms with Gasteiger partial charge in [0.15, 0.2) is 6.61 Å². The lowest BCUT2D eigenvalue weighted by Gasteiger charge is -2.29. The van der Waals surface area contributed by atoms with Gasteiger partial charge in [-0.05, 0) is 23.6 Å². The maximum absolute atomic E-state index is 13.0. The maximum atomic E-state index is 13.0. The summed E-state index contributed by atoms with van der Waals surface area (Å²) in [7, 11) is 0. The molecule has 2 N–H and O–H groups in total. The highest BCUT2D eigenvalue weighted by atomic mass is 16.5. The summed E-state index contributed by atoms with van der Waals surface area (Å²) >= 11 is 0. The lowest BCUT2D eigenvalue weighted by atomic mass is 9.89. The SMILES string of the molecule is NC(=O)CN1C[C@H]2CN(C(=O)COc3ccccc3)[C@H](c3ccccc3)[C@H]2C1. The Labute approximate surface area is 164 Å². The first kappa shape index (κ1) is 18.5. The van der Waals surface area contributed by atoms with Gasteiger partial charge in [0.05, 0.1) is 12.6 Å². The molecule has 2 heterocycles. The normalized spacial score (nSPS) is 24.1. The molecule has 0 spiro atoms. The second kappa shape index (κ2) is 8.02. The number of likely N-dealkylation sites (tertiary alicyclic amines) is 2. The number of amides is 2. The van der Waals surface area contributed by atoms with Crippen molar-refractivity contribution in [3.63, 3.8) is 0 Å². The van der Waals surface area contributed by atoms with Crippen LogP contribution in [-0.2, 0) is 9.59 Å². The largest absolute Gasteiger partial charge is 0.484 e. The molecule has 0 radical (unpaired) electrons. The zero-order chi connectivity index (χ0) is 19.5. The lowest BCUT2D eigenvalue weighted by molar-refractivity contribution is -0.135. The van der Waals surface area contributed by atoms with E-state index in [1.807, 2.05) is 53.4 Å². The Hall–Kier alpha value is -2.86. The second-order valence-electron chi connectivity index (χ2n) is 7.59. The molecule has 2 aliphatic rings. The van der Waals surface area contributed by atoms with E-state index in [0.29, 0.717) is 24.1 Å². The van der Waals surface area contributed by atoms with E-state index >= 15 is 0 Å². The van der Waals surface area contributed by atoms with Crippen molar-refractivity contribution in [3.05, 3.63) is 66.2 Å². The number of primary amides is 1. The monoisotopic (exact) mass is 379 g/mol. The third kappa shape index (κ3) is 3.87. The molecule has 28 heavy (non-hydrogen) atoms. The average molecular weight is 379 g/mol. The van der Waals surface area contributed by atoms with Gasteiger partial charge in [0.25, 0.3) is 5.91 Å². The number of hydrogen-bond acceptors (Lipinski definition) is 4. The summed E-state index contributed by atoms with van der Waals surface area (Å²) in [6, 6.07) is 19.5. The summed E-state index contributed by atoms with van der Waals surface area (Å²) in [5.41, 5.74) is 6.51. The van der Waals surface area contributed by atoms with Gasteiger partial charge in [-0.3, -0.25) is 14.5 Å². The minimum absolute atomic E-state index is 0.00375. The van der Waals surface area contributed by atoms with Crippen LogP contribution in [0, 0.1) is 11.8 Å². The number of carbonyl (C=O) groups is 2. The molecule has 6 heteroatoms. The van der Waals surface area contributed by atoms with Crippen LogP contribution in [0.2, 0.25) is 0 Å². The van der Waals surface area contributed by atoms with Crippen molar-refractivity contribution < 1.29 is 14.3 Å². The van der Waals surface area contributed by atoms with E-state index in [0.717, 1.165) is 18.7 Å². The van der Waals surface area contributed by atoms with Gasteiger partial charge >= 0.3 is 0 Å². The molecular formula is C22H25N3O3. The minimum Gasteiger partial charge on any atom is -0.484 e.